The first-order chi connectivity index (χ1) is 9.78. The molecular formula is C15H13N3S2. The Hall–Kier alpha value is -1.85. The zero-order valence-electron chi connectivity index (χ0n) is 10.9. The molecule has 0 atom stereocenters. The molecular weight excluding hydrogens is 286 g/mol. The Morgan fingerprint density at radius 2 is 1.95 bits per heavy atom. The fraction of sp³-hybridized carbons (Fsp3) is 0.0667. The van der Waals surface area contributed by atoms with Gasteiger partial charge >= 0.3 is 0 Å². The lowest BCUT2D eigenvalue weighted by Crippen LogP contribution is -1.92. The lowest BCUT2D eigenvalue weighted by atomic mass is 10.2. The number of rotatable bonds is 3. The van der Waals surface area contributed by atoms with Gasteiger partial charge in [0.1, 0.15) is 10.8 Å². The molecule has 0 radical (unpaired) electrons. The van der Waals surface area contributed by atoms with Crippen LogP contribution in [0.1, 0.15) is 0 Å². The second-order valence-electron chi connectivity index (χ2n) is 4.20. The third-order valence-corrected chi connectivity index (χ3v) is 4.58. The lowest BCUT2D eigenvalue weighted by molar-refractivity contribution is 1.32. The first kappa shape index (κ1) is 13.1. The van der Waals surface area contributed by atoms with Gasteiger partial charge in [0, 0.05) is 22.0 Å². The van der Waals surface area contributed by atoms with E-state index in [1.807, 2.05) is 12.1 Å². The van der Waals surface area contributed by atoms with Crippen molar-refractivity contribution in [3.63, 3.8) is 0 Å². The van der Waals surface area contributed by atoms with Crippen LogP contribution in [-0.2, 0) is 0 Å². The number of thioether (sulfide) groups is 1. The van der Waals surface area contributed by atoms with Crippen molar-refractivity contribution in [2.75, 3.05) is 12.0 Å². The average Bonchev–Trinajstić information content (AvgIpc) is 2.97. The van der Waals surface area contributed by atoms with Crippen LogP contribution in [0, 0.1) is 0 Å². The number of hydrogen-bond donors (Lipinski definition) is 1. The van der Waals surface area contributed by atoms with E-state index in [9.17, 15) is 0 Å². The van der Waals surface area contributed by atoms with Crippen LogP contribution in [0.25, 0.3) is 21.8 Å². The molecule has 0 unspecified atom stereocenters. The summed E-state index contributed by atoms with van der Waals surface area (Å²) in [4.78, 5) is 10.0. The summed E-state index contributed by atoms with van der Waals surface area (Å²) in [6.45, 7) is 0. The number of nitrogens with zero attached hydrogens (tertiary/aromatic N) is 2. The van der Waals surface area contributed by atoms with Crippen LogP contribution >= 0.6 is 23.1 Å². The molecule has 0 fully saturated rings. The maximum Gasteiger partial charge on any atom is 0.133 e. The predicted octanol–water partition coefficient (Wildman–Crippen LogP) is 4.18. The quantitative estimate of drug-likeness (QED) is 0.737. The number of thiazole rings is 1. The summed E-state index contributed by atoms with van der Waals surface area (Å²) in [5, 5.41) is 2.95. The van der Waals surface area contributed by atoms with Crippen LogP contribution < -0.4 is 5.73 Å². The molecule has 1 aromatic carbocycles. The van der Waals surface area contributed by atoms with E-state index >= 15 is 0 Å². The highest BCUT2D eigenvalue weighted by atomic mass is 32.2. The molecule has 3 nitrogen and oxygen atoms in total. The fourth-order valence-electron chi connectivity index (χ4n) is 1.89. The molecule has 100 valence electrons. The minimum Gasteiger partial charge on any atom is -0.383 e. The molecule has 0 aliphatic heterocycles. The molecule has 0 spiro atoms. The Kier molecular flexibility index (Phi) is 3.71. The van der Waals surface area contributed by atoms with Crippen molar-refractivity contribution in [1.82, 2.24) is 9.97 Å². The number of nitrogen functional groups attached to an aromatic ring is 1. The van der Waals surface area contributed by atoms with E-state index in [1.54, 1.807) is 29.3 Å². The van der Waals surface area contributed by atoms with Gasteiger partial charge in [-0.05, 0) is 30.5 Å². The molecule has 0 aliphatic carbocycles. The molecule has 2 N–H and O–H groups in total. The van der Waals surface area contributed by atoms with Crippen molar-refractivity contribution in [2.24, 2.45) is 0 Å². The van der Waals surface area contributed by atoms with Crippen molar-refractivity contribution in [2.45, 2.75) is 4.90 Å². The maximum atomic E-state index is 5.89. The number of aromatic nitrogens is 2. The Bertz CT molecular complexity index is 720. The van der Waals surface area contributed by atoms with Gasteiger partial charge in [0.15, 0.2) is 0 Å². The van der Waals surface area contributed by atoms with E-state index < -0.39 is 0 Å². The highest BCUT2D eigenvalue weighted by Crippen LogP contribution is 2.31. The fourth-order valence-corrected chi connectivity index (χ4v) is 3.16. The third kappa shape index (κ3) is 2.55. The van der Waals surface area contributed by atoms with Crippen molar-refractivity contribution in [1.29, 1.82) is 0 Å². The largest absolute Gasteiger partial charge is 0.383 e. The summed E-state index contributed by atoms with van der Waals surface area (Å²) in [5.41, 5.74) is 8.88. The number of anilines is 1. The molecule has 2 aromatic heterocycles. The van der Waals surface area contributed by atoms with E-state index in [4.69, 9.17) is 5.73 Å². The summed E-state index contributed by atoms with van der Waals surface area (Å²) in [6.07, 6.45) is 3.76. The van der Waals surface area contributed by atoms with Crippen LogP contribution in [-0.4, -0.2) is 16.2 Å². The maximum absolute atomic E-state index is 5.89. The molecule has 20 heavy (non-hydrogen) atoms. The second kappa shape index (κ2) is 5.64. The van der Waals surface area contributed by atoms with Crippen molar-refractivity contribution >= 4 is 28.9 Å². The van der Waals surface area contributed by atoms with Crippen LogP contribution in [0.2, 0.25) is 0 Å². The van der Waals surface area contributed by atoms with Crippen LogP contribution in [0.4, 0.5) is 5.82 Å². The van der Waals surface area contributed by atoms with Gasteiger partial charge in [0.25, 0.3) is 0 Å². The summed E-state index contributed by atoms with van der Waals surface area (Å²) in [7, 11) is 0. The molecule has 3 rings (SSSR count). The molecule has 0 saturated heterocycles. The smallest absolute Gasteiger partial charge is 0.133 e. The van der Waals surface area contributed by atoms with Gasteiger partial charge in [-0.25, -0.2) is 9.97 Å². The predicted molar refractivity (Wildman–Crippen MR) is 87.0 cm³/mol. The molecule has 0 bridgehead atoms. The lowest BCUT2D eigenvalue weighted by Gasteiger charge is -2.00. The Morgan fingerprint density at radius 1 is 1.15 bits per heavy atom. The summed E-state index contributed by atoms with van der Waals surface area (Å²) in [6, 6.07) is 12.2. The Labute approximate surface area is 125 Å². The highest BCUT2D eigenvalue weighted by Gasteiger charge is 2.09. The molecule has 0 aliphatic rings. The Morgan fingerprint density at radius 3 is 2.65 bits per heavy atom. The number of nitrogens with two attached hydrogens (primary N) is 1. The van der Waals surface area contributed by atoms with Crippen molar-refractivity contribution in [3.8, 4) is 21.8 Å². The van der Waals surface area contributed by atoms with Crippen molar-refractivity contribution in [3.05, 3.63) is 48.0 Å². The topological polar surface area (TPSA) is 51.8 Å². The van der Waals surface area contributed by atoms with E-state index in [0.29, 0.717) is 5.82 Å². The van der Waals surface area contributed by atoms with E-state index in [1.165, 1.54) is 4.90 Å². The molecule has 0 amide bonds. The molecule has 3 aromatic rings. The molecule has 0 saturated carbocycles. The summed E-state index contributed by atoms with van der Waals surface area (Å²) in [5.74, 6) is 0.520. The monoisotopic (exact) mass is 299 g/mol. The van der Waals surface area contributed by atoms with Gasteiger partial charge in [-0.2, -0.15) is 0 Å². The first-order valence-electron chi connectivity index (χ1n) is 6.09. The third-order valence-electron chi connectivity index (χ3n) is 2.96. The molecule has 2 heterocycles. The van der Waals surface area contributed by atoms with E-state index in [2.05, 4.69) is 45.9 Å². The van der Waals surface area contributed by atoms with Gasteiger partial charge in [0.05, 0.1) is 11.3 Å². The average molecular weight is 299 g/mol. The van der Waals surface area contributed by atoms with Gasteiger partial charge < -0.3 is 5.73 Å². The van der Waals surface area contributed by atoms with Gasteiger partial charge in [-0.3, -0.25) is 0 Å². The van der Waals surface area contributed by atoms with Crippen LogP contribution in [0.15, 0.2) is 52.9 Å². The van der Waals surface area contributed by atoms with Crippen molar-refractivity contribution < 1.29 is 0 Å². The normalized spacial score (nSPS) is 10.7. The highest BCUT2D eigenvalue weighted by molar-refractivity contribution is 7.98. The molecule has 5 heteroatoms. The zero-order valence-corrected chi connectivity index (χ0v) is 12.5. The van der Waals surface area contributed by atoms with E-state index in [0.717, 1.165) is 21.8 Å². The first-order valence-corrected chi connectivity index (χ1v) is 8.19. The van der Waals surface area contributed by atoms with E-state index in [-0.39, 0.29) is 0 Å². The van der Waals surface area contributed by atoms with Gasteiger partial charge in [-0.15, -0.1) is 23.1 Å². The minimum atomic E-state index is 0.520. The van der Waals surface area contributed by atoms with Crippen LogP contribution in [0.3, 0.4) is 0 Å². The zero-order chi connectivity index (χ0) is 13.9. The summed E-state index contributed by atoms with van der Waals surface area (Å²) < 4.78 is 0. The van der Waals surface area contributed by atoms with Gasteiger partial charge in [0.2, 0.25) is 0 Å². The standard InChI is InChI=1S/C15H13N3S2/c1-19-11-6-4-10(5-7-11)13-9-20-15(18-13)12-3-2-8-17-14(12)16/h2-9H,1H3,(H2,16,17). The number of benzene rings is 1. The summed E-state index contributed by atoms with van der Waals surface area (Å²) >= 11 is 3.32. The SMILES string of the molecule is CSc1ccc(-c2csc(-c3cccnc3N)n2)cc1. The minimum absolute atomic E-state index is 0.520. The number of pyridine rings is 1. The second-order valence-corrected chi connectivity index (χ2v) is 5.94. The Balaban J connectivity index is 1.95. The number of hydrogen-bond acceptors (Lipinski definition) is 5. The van der Waals surface area contributed by atoms with Crippen LogP contribution in [0.5, 0.6) is 0 Å². The van der Waals surface area contributed by atoms with Gasteiger partial charge in [-0.1, -0.05) is 12.1 Å².